The first kappa shape index (κ1) is 25.5. The van der Waals surface area contributed by atoms with Gasteiger partial charge in [0, 0.05) is 16.9 Å². The molecule has 0 saturated carbocycles. The van der Waals surface area contributed by atoms with E-state index in [-0.39, 0.29) is 10.7 Å². The fraction of sp³-hybridized carbons (Fsp3) is 0.154. The van der Waals surface area contributed by atoms with Crippen molar-refractivity contribution in [2.45, 2.75) is 6.92 Å². The zero-order chi connectivity index (χ0) is 25.5. The summed E-state index contributed by atoms with van der Waals surface area (Å²) in [5.74, 6) is 6.84. The number of carbonyl (C=O) groups excluding carboxylic acids is 1. The molecule has 0 heterocycles. The molecule has 3 rings (SSSR count). The smallest absolute Gasteiger partial charge is 0.257 e. The summed E-state index contributed by atoms with van der Waals surface area (Å²) < 4.78 is 15.9. The lowest BCUT2D eigenvalue weighted by atomic mass is 10.1. The lowest BCUT2D eigenvalue weighted by Crippen LogP contribution is -2.47. The number of thiocarbonyl (C=S) groups is 1. The first-order chi connectivity index (χ1) is 16.8. The molecular formula is C26H28N4O4S. The zero-order valence-electron chi connectivity index (χ0n) is 20.0. The van der Waals surface area contributed by atoms with Gasteiger partial charge < -0.3 is 19.5 Å². The summed E-state index contributed by atoms with van der Waals surface area (Å²) in [7, 11) is 4.43. The summed E-state index contributed by atoms with van der Waals surface area (Å²) in [6, 6.07) is 18.4. The van der Waals surface area contributed by atoms with Gasteiger partial charge in [0.2, 0.25) is 5.75 Å². The number of hydrogen-bond donors (Lipinski definition) is 3. The maximum atomic E-state index is 12.9. The van der Waals surface area contributed by atoms with Gasteiger partial charge in [-0.2, -0.15) is 0 Å². The second-order valence-electron chi connectivity index (χ2n) is 7.51. The summed E-state index contributed by atoms with van der Waals surface area (Å²) in [5, 5.41) is 7.19. The van der Waals surface area contributed by atoms with Gasteiger partial charge in [0.1, 0.15) is 0 Å². The van der Waals surface area contributed by atoms with Crippen molar-refractivity contribution in [3.05, 3.63) is 83.9 Å². The van der Waals surface area contributed by atoms with Crippen molar-refractivity contribution >= 4 is 40.3 Å². The van der Waals surface area contributed by atoms with E-state index in [2.05, 4.69) is 17.2 Å². The summed E-state index contributed by atoms with van der Waals surface area (Å²) in [6.07, 6.45) is 0. The molecule has 35 heavy (non-hydrogen) atoms. The average Bonchev–Trinajstić information content (AvgIpc) is 2.88. The Labute approximate surface area is 210 Å². The normalized spacial score (nSPS) is 10.2. The Balaban J connectivity index is 1.77. The highest BCUT2D eigenvalue weighted by Crippen LogP contribution is 2.38. The zero-order valence-corrected chi connectivity index (χ0v) is 20.9. The Morgan fingerprint density at radius 3 is 2.14 bits per heavy atom. The van der Waals surface area contributed by atoms with Gasteiger partial charge in [0.05, 0.1) is 27.0 Å². The van der Waals surface area contributed by atoms with Crippen LogP contribution in [0.25, 0.3) is 5.70 Å². The van der Waals surface area contributed by atoms with Crippen LogP contribution in [0.15, 0.2) is 67.2 Å². The van der Waals surface area contributed by atoms with Gasteiger partial charge in [-0.3, -0.25) is 15.1 Å². The first-order valence-corrected chi connectivity index (χ1v) is 11.0. The van der Waals surface area contributed by atoms with Crippen LogP contribution in [0.3, 0.4) is 0 Å². The Morgan fingerprint density at radius 2 is 1.57 bits per heavy atom. The van der Waals surface area contributed by atoms with Crippen LogP contribution in [0.2, 0.25) is 0 Å². The molecule has 8 nitrogen and oxygen atoms in total. The highest BCUT2D eigenvalue weighted by atomic mass is 32.1. The Morgan fingerprint density at radius 1 is 0.943 bits per heavy atom. The maximum Gasteiger partial charge on any atom is 0.257 e. The van der Waals surface area contributed by atoms with E-state index in [0.717, 1.165) is 22.5 Å². The minimum absolute atomic E-state index is 0.0143. The number of nitrogens with two attached hydrogens (primary N) is 1. The van der Waals surface area contributed by atoms with Crippen LogP contribution in [0.5, 0.6) is 17.2 Å². The van der Waals surface area contributed by atoms with Crippen LogP contribution < -0.4 is 35.7 Å². The van der Waals surface area contributed by atoms with E-state index in [1.54, 1.807) is 0 Å². The molecule has 0 aliphatic carbocycles. The number of carbonyl (C=O) groups is 1. The van der Waals surface area contributed by atoms with Crippen molar-refractivity contribution in [2.24, 2.45) is 5.84 Å². The van der Waals surface area contributed by atoms with Crippen LogP contribution in [0.1, 0.15) is 21.5 Å². The molecule has 3 aromatic rings. The van der Waals surface area contributed by atoms with E-state index >= 15 is 0 Å². The number of methoxy groups -OCH3 is 3. The van der Waals surface area contributed by atoms with Gasteiger partial charge in [-0.1, -0.05) is 43.0 Å². The fourth-order valence-corrected chi connectivity index (χ4v) is 3.53. The van der Waals surface area contributed by atoms with Crippen molar-refractivity contribution in [3.63, 3.8) is 0 Å². The van der Waals surface area contributed by atoms with Crippen LogP contribution in [-0.2, 0) is 0 Å². The number of amides is 1. The standard InChI is InChI=1S/C26H28N4O4S/c1-16-11-12-20(15-21(16)28-17(2)18-9-7-6-8-10-18)30(27)26(35)29-25(31)19-13-22(32-3)24(34-5)23(14-19)33-4/h6-15,28H,2,27H2,1,3-5H3,(H,29,31,35). The van der Waals surface area contributed by atoms with Crippen molar-refractivity contribution in [2.75, 3.05) is 31.7 Å². The molecule has 0 bridgehead atoms. The topological polar surface area (TPSA) is 98.1 Å². The molecule has 9 heteroatoms. The fourth-order valence-electron chi connectivity index (χ4n) is 3.33. The van der Waals surface area contributed by atoms with E-state index in [1.165, 1.54) is 38.5 Å². The van der Waals surface area contributed by atoms with Crippen LogP contribution in [-0.4, -0.2) is 32.3 Å². The van der Waals surface area contributed by atoms with E-state index in [9.17, 15) is 4.79 Å². The Hall–Kier alpha value is -4.08. The quantitative estimate of drug-likeness (QED) is 0.240. The molecule has 0 aliphatic heterocycles. The highest BCUT2D eigenvalue weighted by molar-refractivity contribution is 7.80. The lowest BCUT2D eigenvalue weighted by Gasteiger charge is -2.22. The number of nitrogens with zero attached hydrogens (tertiary/aromatic N) is 1. The van der Waals surface area contributed by atoms with E-state index in [0.29, 0.717) is 22.9 Å². The minimum Gasteiger partial charge on any atom is -0.493 e. The van der Waals surface area contributed by atoms with Crippen LogP contribution in [0, 0.1) is 6.92 Å². The first-order valence-electron chi connectivity index (χ1n) is 10.6. The molecule has 4 N–H and O–H groups in total. The van der Waals surface area contributed by atoms with Gasteiger partial charge in [0.25, 0.3) is 5.91 Å². The predicted molar refractivity (Wildman–Crippen MR) is 143 cm³/mol. The second kappa shape index (κ2) is 11.4. The van der Waals surface area contributed by atoms with E-state index in [4.69, 9.17) is 32.3 Å². The summed E-state index contributed by atoms with van der Waals surface area (Å²) in [5.41, 5.74) is 4.36. The number of hydrogen-bond acceptors (Lipinski definition) is 7. The molecular weight excluding hydrogens is 464 g/mol. The van der Waals surface area contributed by atoms with Crippen molar-refractivity contribution in [3.8, 4) is 17.2 Å². The summed E-state index contributed by atoms with van der Waals surface area (Å²) in [6.45, 7) is 6.08. The van der Waals surface area contributed by atoms with E-state index in [1.807, 2.05) is 55.5 Å². The monoisotopic (exact) mass is 492 g/mol. The second-order valence-corrected chi connectivity index (χ2v) is 7.90. The van der Waals surface area contributed by atoms with E-state index < -0.39 is 5.91 Å². The molecule has 182 valence electrons. The molecule has 1 amide bonds. The van der Waals surface area contributed by atoms with Crippen molar-refractivity contribution in [1.29, 1.82) is 0 Å². The Bertz CT molecular complexity index is 1220. The molecule has 0 fully saturated rings. The van der Waals surface area contributed by atoms with Crippen LogP contribution >= 0.6 is 12.2 Å². The molecule has 3 aromatic carbocycles. The predicted octanol–water partition coefficient (Wildman–Crippen LogP) is 4.50. The SMILES string of the molecule is C=C(Nc1cc(N(N)C(=S)NC(=O)c2cc(OC)c(OC)c(OC)c2)ccc1C)c1ccccc1. The van der Waals surface area contributed by atoms with Gasteiger partial charge in [-0.15, -0.1) is 0 Å². The molecule has 0 saturated heterocycles. The molecule has 0 unspecified atom stereocenters. The Kier molecular flexibility index (Phi) is 8.30. The third-order valence-corrected chi connectivity index (χ3v) is 5.57. The number of anilines is 2. The number of nitrogens with one attached hydrogen (secondary N) is 2. The number of ether oxygens (including phenoxy) is 3. The van der Waals surface area contributed by atoms with Gasteiger partial charge in [0.15, 0.2) is 16.6 Å². The minimum atomic E-state index is -0.479. The molecule has 0 aliphatic rings. The van der Waals surface area contributed by atoms with Gasteiger partial charge in [-0.25, -0.2) is 5.84 Å². The molecule has 0 aromatic heterocycles. The molecule has 0 spiro atoms. The average molecular weight is 493 g/mol. The summed E-state index contributed by atoms with van der Waals surface area (Å²) >= 11 is 5.39. The van der Waals surface area contributed by atoms with Gasteiger partial charge in [-0.05, 0) is 54.5 Å². The van der Waals surface area contributed by atoms with Gasteiger partial charge >= 0.3 is 0 Å². The molecule has 0 atom stereocenters. The van der Waals surface area contributed by atoms with Crippen molar-refractivity contribution in [1.82, 2.24) is 5.32 Å². The van der Waals surface area contributed by atoms with Crippen LogP contribution in [0.4, 0.5) is 11.4 Å². The largest absolute Gasteiger partial charge is 0.493 e. The third kappa shape index (κ3) is 5.89. The highest BCUT2D eigenvalue weighted by Gasteiger charge is 2.19. The third-order valence-electron chi connectivity index (χ3n) is 5.27. The number of benzene rings is 3. The maximum absolute atomic E-state index is 12.9. The van der Waals surface area contributed by atoms with Crippen molar-refractivity contribution < 1.29 is 19.0 Å². The summed E-state index contributed by atoms with van der Waals surface area (Å²) in [4.78, 5) is 12.9. The number of hydrazine groups is 1. The number of aryl methyl sites for hydroxylation is 1. The lowest BCUT2D eigenvalue weighted by molar-refractivity contribution is 0.0976. The molecule has 0 radical (unpaired) electrons. The number of rotatable bonds is 8.